The first kappa shape index (κ1) is 23.9. The van der Waals surface area contributed by atoms with Gasteiger partial charge in [0.1, 0.15) is 5.78 Å². The molecule has 3 aromatic rings. The lowest BCUT2D eigenvalue weighted by Gasteiger charge is -2.35. The molecule has 3 unspecified atom stereocenters. The van der Waals surface area contributed by atoms with Crippen molar-refractivity contribution in [1.29, 1.82) is 0 Å². The van der Waals surface area contributed by atoms with Crippen molar-refractivity contribution in [3.05, 3.63) is 83.4 Å². The fraction of sp³-hybridized carbons (Fsp3) is 0.286. The van der Waals surface area contributed by atoms with E-state index in [1.54, 1.807) is 44.6 Å². The molecule has 8 heteroatoms. The molecule has 5 nitrogen and oxygen atoms in total. The van der Waals surface area contributed by atoms with Crippen LogP contribution in [0.5, 0.6) is 11.5 Å². The molecular weight excluding hydrogens is 469 g/mol. The van der Waals surface area contributed by atoms with Crippen molar-refractivity contribution < 1.29 is 27.4 Å². The van der Waals surface area contributed by atoms with Crippen LogP contribution in [-0.4, -0.2) is 25.7 Å². The number of carbonyl (C=O) groups is 1. The van der Waals surface area contributed by atoms with Crippen LogP contribution in [0.4, 0.5) is 24.5 Å². The summed E-state index contributed by atoms with van der Waals surface area (Å²) in [6.45, 7) is 0. The van der Waals surface area contributed by atoms with Gasteiger partial charge in [-0.1, -0.05) is 36.4 Å². The Morgan fingerprint density at radius 2 is 1.64 bits per heavy atom. The maximum atomic E-state index is 14.0. The van der Waals surface area contributed by atoms with Crippen LogP contribution >= 0.6 is 0 Å². The van der Waals surface area contributed by atoms with Crippen molar-refractivity contribution in [3.63, 3.8) is 0 Å². The highest BCUT2D eigenvalue weighted by Crippen LogP contribution is 2.47. The summed E-state index contributed by atoms with van der Waals surface area (Å²) in [4.78, 5) is 18.5. The number of benzene rings is 3. The summed E-state index contributed by atoms with van der Waals surface area (Å²) < 4.78 is 52.7. The van der Waals surface area contributed by atoms with Crippen LogP contribution in [0.25, 0.3) is 0 Å². The summed E-state index contributed by atoms with van der Waals surface area (Å²) >= 11 is 0. The molecule has 1 N–H and O–H groups in total. The fourth-order valence-corrected chi connectivity index (χ4v) is 5.23. The molecule has 0 radical (unpaired) electrons. The predicted octanol–water partition coefficient (Wildman–Crippen LogP) is 6.72. The number of hydrogen-bond acceptors (Lipinski definition) is 5. The quantitative estimate of drug-likeness (QED) is 0.437. The van der Waals surface area contributed by atoms with Crippen LogP contribution in [0, 0.1) is 5.92 Å². The van der Waals surface area contributed by atoms with Gasteiger partial charge >= 0.3 is 6.18 Å². The van der Waals surface area contributed by atoms with Gasteiger partial charge in [0.25, 0.3) is 0 Å². The van der Waals surface area contributed by atoms with E-state index in [4.69, 9.17) is 14.5 Å². The average Bonchev–Trinajstić information content (AvgIpc) is 3.04. The number of aliphatic imine (C=N–C) groups is 1. The molecule has 0 bridgehead atoms. The zero-order valence-corrected chi connectivity index (χ0v) is 19.8. The molecule has 3 aromatic carbocycles. The molecule has 0 saturated heterocycles. The molecule has 1 heterocycles. The van der Waals surface area contributed by atoms with Gasteiger partial charge < -0.3 is 14.8 Å². The number of ether oxygens (including phenoxy) is 2. The molecular formula is C28H25F3N2O3. The molecule has 1 saturated carbocycles. The van der Waals surface area contributed by atoms with Gasteiger partial charge in [-0.25, -0.2) is 0 Å². The molecule has 36 heavy (non-hydrogen) atoms. The summed E-state index contributed by atoms with van der Waals surface area (Å²) in [7, 11) is 3.10. The fourth-order valence-electron chi connectivity index (χ4n) is 5.23. The van der Waals surface area contributed by atoms with E-state index in [0.29, 0.717) is 35.0 Å². The Labute approximate surface area is 207 Å². The van der Waals surface area contributed by atoms with Gasteiger partial charge in [0, 0.05) is 12.1 Å². The van der Waals surface area contributed by atoms with Gasteiger partial charge in [-0.3, -0.25) is 9.79 Å². The van der Waals surface area contributed by atoms with Crippen LogP contribution in [0.15, 0.2) is 71.7 Å². The van der Waals surface area contributed by atoms with Crippen LogP contribution in [0.2, 0.25) is 0 Å². The number of halogens is 3. The molecule has 1 aliphatic heterocycles. The number of nitrogens with one attached hydrogen (secondary N) is 1. The highest BCUT2D eigenvalue weighted by atomic mass is 19.4. The minimum atomic E-state index is -4.55. The summed E-state index contributed by atoms with van der Waals surface area (Å²) in [6, 6.07) is 17.2. The Balaban J connectivity index is 1.60. The SMILES string of the molecule is COc1ccc(C2CC(=O)C3C(=Nc4ccccc4NC3c3ccccc3C(F)(F)F)C2)cc1OC. The van der Waals surface area contributed by atoms with Crippen molar-refractivity contribution in [1.82, 2.24) is 0 Å². The van der Waals surface area contributed by atoms with Crippen LogP contribution < -0.4 is 14.8 Å². The minimum Gasteiger partial charge on any atom is -0.493 e. The number of methoxy groups -OCH3 is 2. The molecule has 0 aromatic heterocycles. The number of hydrogen-bond donors (Lipinski definition) is 1. The van der Waals surface area contributed by atoms with Crippen molar-refractivity contribution in [3.8, 4) is 11.5 Å². The van der Waals surface area contributed by atoms with Gasteiger partial charge in [0.2, 0.25) is 0 Å². The van der Waals surface area contributed by atoms with Gasteiger partial charge in [-0.05, 0) is 53.8 Å². The van der Waals surface area contributed by atoms with E-state index in [1.165, 1.54) is 12.1 Å². The van der Waals surface area contributed by atoms with E-state index < -0.39 is 23.7 Å². The van der Waals surface area contributed by atoms with Crippen molar-refractivity contribution in [2.45, 2.75) is 31.0 Å². The molecule has 186 valence electrons. The number of nitrogens with zero attached hydrogens (tertiary/aromatic N) is 1. The maximum Gasteiger partial charge on any atom is 0.416 e. The lowest BCUT2D eigenvalue weighted by atomic mass is 9.72. The standard InChI is InChI=1S/C28H25F3N2O3/c1-35-24-12-11-16(15-25(24)36-2)17-13-22-26(23(34)14-17)27(33-21-10-6-5-9-20(21)32-22)18-7-3-4-8-19(18)28(29,30)31/h3-12,15,17,26-27,33H,13-14H2,1-2H3. The Kier molecular flexibility index (Phi) is 6.20. The first-order valence-corrected chi connectivity index (χ1v) is 11.6. The van der Waals surface area contributed by atoms with E-state index in [1.807, 2.05) is 18.2 Å². The van der Waals surface area contributed by atoms with Gasteiger partial charge in [0.15, 0.2) is 11.5 Å². The van der Waals surface area contributed by atoms with Crippen molar-refractivity contribution in [2.24, 2.45) is 10.9 Å². The number of carbonyl (C=O) groups excluding carboxylic acids is 1. The number of rotatable bonds is 4. The normalized spacial score (nSPS) is 21.4. The van der Waals surface area contributed by atoms with Gasteiger partial charge in [0.05, 0.1) is 43.1 Å². The minimum absolute atomic E-state index is 0.0392. The third-order valence-corrected chi connectivity index (χ3v) is 6.90. The molecule has 3 atom stereocenters. The summed E-state index contributed by atoms with van der Waals surface area (Å²) in [5, 5.41) is 3.23. The highest BCUT2D eigenvalue weighted by molar-refractivity contribution is 6.11. The Bertz CT molecular complexity index is 1340. The largest absolute Gasteiger partial charge is 0.493 e. The Hall–Kier alpha value is -3.81. The summed E-state index contributed by atoms with van der Waals surface area (Å²) in [6.07, 6.45) is -3.93. The first-order valence-electron chi connectivity index (χ1n) is 11.6. The lowest BCUT2D eigenvalue weighted by molar-refractivity contribution is -0.138. The lowest BCUT2D eigenvalue weighted by Crippen LogP contribution is -2.39. The number of alkyl halides is 3. The number of para-hydroxylation sites is 2. The number of ketones is 1. The van der Waals surface area contributed by atoms with E-state index in [2.05, 4.69) is 5.32 Å². The molecule has 1 fully saturated rings. The topological polar surface area (TPSA) is 59.9 Å². The molecule has 5 rings (SSSR count). The number of Topliss-reactive ketones (excluding diaryl/α,β-unsaturated/α-hetero) is 1. The third kappa shape index (κ3) is 4.32. The zero-order chi connectivity index (χ0) is 25.4. The molecule has 0 spiro atoms. The van der Waals surface area contributed by atoms with Crippen molar-refractivity contribution >= 4 is 22.9 Å². The first-order chi connectivity index (χ1) is 17.3. The molecule has 2 aliphatic rings. The summed E-state index contributed by atoms with van der Waals surface area (Å²) in [5.74, 6) is -0.0261. The van der Waals surface area contributed by atoms with Gasteiger partial charge in [-0.2, -0.15) is 13.2 Å². The second-order valence-corrected chi connectivity index (χ2v) is 8.99. The van der Waals surface area contributed by atoms with Crippen LogP contribution in [-0.2, 0) is 11.0 Å². The average molecular weight is 495 g/mol. The highest BCUT2D eigenvalue weighted by Gasteiger charge is 2.44. The Morgan fingerprint density at radius 1 is 0.917 bits per heavy atom. The van der Waals surface area contributed by atoms with Crippen LogP contribution in [0.1, 0.15) is 41.5 Å². The van der Waals surface area contributed by atoms with Crippen molar-refractivity contribution in [2.75, 3.05) is 19.5 Å². The summed E-state index contributed by atoms with van der Waals surface area (Å²) in [5.41, 5.74) is 1.95. The van der Waals surface area contributed by atoms with E-state index in [9.17, 15) is 18.0 Å². The van der Waals surface area contributed by atoms with E-state index in [0.717, 1.165) is 11.6 Å². The third-order valence-electron chi connectivity index (χ3n) is 6.90. The second kappa shape index (κ2) is 9.33. The zero-order valence-electron chi connectivity index (χ0n) is 19.8. The molecule has 1 aliphatic carbocycles. The predicted molar refractivity (Wildman–Crippen MR) is 131 cm³/mol. The van der Waals surface area contributed by atoms with Crippen LogP contribution in [0.3, 0.4) is 0 Å². The monoisotopic (exact) mass is 494 g/mol. The Morgan fingerprint density at radius 3 is 2.39 bits per heavy atom. The maximum absolute atomic E-state index is 14.0. The van der Waals surface area contributed by atoms with E-state index >= 15 is 0 Å². The van der Waals surface area contributed by atoms with E-state index in [-0.39, 0.29) is 23.7 Å². The smallest absolute Gasteiger partial charge is 0.416 e. The van der Waals surface area contributed by atoms with Gasteiger partial charge in [-0.15, -0.1) is 0 Å². The number of fused-ring (bicyclic) bond motifs is 2. The number of anilines is 1. The molecule has 0 amide bonds. The second-order valence-electron chi connectivity index (χ2n) is 8.99.